The highest BCUT2D eigenvalue weighted by Gasteiger charge is 2.02. The highest BCUT2D eigenvalue weighted by atomic mass is 35.5. The smallest absolute Gasteiger partial charge is 0.224 e. The van der Waals surface area contributed by atoms with E-state index in [1.807, 2.05) is 0 Å². The highest BCUT2D eigenvalue weighted by molar-refractivity contribution is 6.35. The zero-order chi connectivity index (χ0) is 14.4. The predicted molar refractivity (Wildman–Crippen MR) is 82.1 cm³/mol. The van der Waals surface area contributed by atoms with Gasteiger partial charge in [0.25, 0.3) is 0 Å². The van der Waals surface area contributed by atoms with Gasteiger partial charge in [-0.15, -0.1) is 0 Å². The molecule has 1 heterocycles. The number of ether oxygens (including phenoxy) is 1. The van der Waals surface area contributed by atoms with E-state index in [0.29, 0.717) is 35.0 Å². The quantitative estimate of drug-likeness (QED) is 0.798. The molecule has 0 saturated heterocycles. The molecular formula is C13H14Cl2N4O. The van der Waals surface area contributed by atoms with Gasteiger partial charge in [-0.3, -0.25) is 0 Å². The summed E-state index contributed by atoms with van der Waals surface area (Å²) in [5.41, 5.74) is 0.768. The molecule has 1 aromatic carbocycles. The first-order valence-corrected chi connectivity index (χ1v) is 6.72. The summed E-state index contributed by atoms with van der Waals surface area (Å²) < 4.78 is 4.95. The summed E-state index contributed by atoms with van der Waals surface area (Å²) in [5.74, 6) is 1.18. The lowest BCUT2D eigenvalue weighted by Crippen LogP contribution is -2.10. The van der Waals surface area contributed by atoms with Crippen LogP contribution >= 0.6 is 23.2 Å². The van der Waals surface area contributed by atoms with Crippen LogP contribution in [-0.4, -0.2) is 30.2 Å². The highest BCUT2D eigenvalue weighted by Crippen LogP contribution is 2.24. The molecule has 0 aliphatic heterocycles. The molecule has 2 N–H and O–H groups in total. The Balaban J connectivity index is 2.07. The lowest BCUT2D eigenvalue weighted by Gasteiger charge is -2.08. The van der Waals surface area contributed by atoms with Gasteiger partial charge in [0.2, 0.25) is 5.95 Å². The fourth-order valence-electron chi connectivity index (χ4n) is 1.55. The van der Waals surface area contributed by atoms with E-state index in [2.05, 4.69) is 20.6 Å². The van der Waals surface area contributed by atoms with Crippen molar-refractivity contribution in [3.8, 4) is 0 Å². The Morgan fingerprint density at radius 2 is 1.95 bits per heavy atom. The van der Waals surface area contributed by atoms with Gasteiger partial charge in [0.05, 0.1) is 6.61 Å². The van der Waals surface area contributed by atoms with Crippen LogP contribution in [0.25, 0.3) is 0 Å². The molecule has 0 atom stereocenters. The molecule has 1 aromatic heterocycles. The Kier molecular flexibility index (Phi) is 5.40. The van der Waals surface area contributed by atoms with Gasteiger partial charge in [-0.05, 0) is 24.3 Å². The minimum Gasteiger partial charge on any atom is -0.383 e. The third-order valence-corrected chi connectivity index (χ3v) is 2.82. The lowest BCUT2D eigenvalue weighted by atomic mass is 10.3. The van der Waals surface area contributed by atoms with Crippen molar-refractivity contribution in [1.82, 2.24) is 9.97 Å². The first kappa shape index (κ1) is 14.8. The number of hydrogen-bond donors (Lipinski definition) is 2. The topological polar surface area (TPSA) is 59.1 Å². The molecule has 2 rings (SSSR count). The minimum absolute atomic E-state index is 0.528. The number of hydrogen-bond acceptors (Lipinski definition) is 5. The van der Waals surface area contributed by atoms with Crippen LogP contribution in [0.2, 0.25) is 10.0 Å². The number of anilines is 3. The summed E-state index contributed by atoms with van der Waals surface area (Å²) in [7, 11) is 1.64. The molecule has 0 radical (unpaired) electrons. The van der Waals surface area contributed by atoms with E-state index in [0.717, 1.165) is 5.69 Å². The van der Waals surface area contributed by atoms with Crippen LogP contribution in [0.3, 0.4) is 0 Å². The van der Waals surface area contributed by atoms with Gasteiger partial charge in [-0.2, -0.15) is 4.98 Å². The molecule has 0 aliphatic carbocycles. The van der Waals surface area contributed by atoms with Crippen LogP contribution < -0.4 is 10.6 Å². The zero-order valence-corrected chi connectivity index (χ0v) is 12.4. The third kappa shape index (κ3) is 4.52. The summed E-state index contributed by atoms with van der Waals surface area (Å²) in [5, 5.41) is 7.31. The molecule has 2 aromatic rings. The summed E-state index contributed by atoms with van der Waals surface area (Å²) >= 11 is 11.9. The molecule has 0 aliphatic rings. The van der Waals surface area contributed by atoms with Gasteiger partial charge in [-0.25, -0.2) is 4.98 Å². The van der Waals surface area contributed by atoms with Gasteiger partial charge < -0.3 is 15.4 Å². The van der Waals surface area contributed by atoms with E-state index < -0.39 is 0 Å². The van der Waals surface area contributed by atoms with E-state index in [9.17, 15) is 0 Å². The van der Waals surface area contributed by atoms with Gasteiger partial charge >= 0.3 is 0 Å². The number of methoxy groups -OCH3 is 1. The number of nitrogens with zero attached hydrogens (tertiary/aromatic N) is 2. The van der Waals surface area contributed by atoms with E-state index in [-0.39, 0.29) is 0 Å². The molecule has 0 unspecified atom stereocenters. The minimum atomic E-state index is 0.528. The van der Waals surface area contributed by atoms with Gasteiger partial charge in [0, 0.05) is 35.6 Å². The number of nitrogens with one attached hydrogen (secondary N) is 2. The fourth-order valence-corrected chi connectivity index (χ4v) is 2.08. The van der Waals surface area contributed by atoms with Crippen LogP contribution in [0.4, 0.5) is 17.5 Å². The van der Waals surface area contributed by atoms with Crippen LogP contribution in [0, 0.1) is 0 Å². The first-order valence-electron chi connectivity index (χ1n) is 5.96. The van der Waals surface area contributed by atoms with Crippen molar-refractivity contribution < 1.29 is 4.74 Å². The van der Waals surface area contributed by atoms with Crippen molar-refractivity contribution in [2.75, 3.05) is 30.9 Å². The fraction of sp³-hybridized carbons (Fsp3) is 0.231. The summed E-state index contributed by atoms with van der Waals surface area (Å²) in [6, 6.07) is 6.98. The van der Waals surface area contributed by atoms with Crippen molar-refractivity contribution in [3.63, 3.8) is 0 Å². The molecule has 0 spiro atoms. The average molecular weight is 313 g/mol. The van der Waals surface area contributed by atoms with E-state index in [4.69, 9.17) is 27.9 Å². The first-order chi connectivity index (χ1) is 9.67. The molecule has 0 fully saturated rings. The largest absolute Gasteiger partial charge is 0.383 e. The number of rotatable bonds is 6. The maximum absolute atomic E-state index is 5.95. The molecule has 106 valence electrons. The maximum atomic E-state index is 5.95. The van der Waals surface area contributed by atoms with Crippen molar-refractivity contribution >= 4 is 40.7 Å². The number of benzene rings is 1. The van der Waals surface area contributed by atoms with E-state index >= 15 is 0 Å². The predicted octanol–water partition coefficient (Wildman–Crippen LogP) is 3.59. The summed E-state index contributed by atoms with van der Waals surface area (Å²) in [6.45, 7) is 1.23. The second-order valence-corrected chi connectivity index (χ2v) is 4.84. The van der Waals surface area contributed by atoms with E-state index in [1.54, 1.807) is 37.6 Å². The Morgan fingerprint density at radius 1 is 1.20 bits per heavy atom. The second kappa shape index (κ2) is 7.28. The van der Waals surface area contributed by atoms with Crippen LogP contribution in [0.15, 0.2) is 30.5 Å². The third-order valence-electron chi connectivity index (χ3n) is 2.38. The zero-order valence-electron chi connectivity index (χ0n) is 10.9. The molecule has 0 bridgehead atoms. The molecule has 7 heteroatoms. The molecule has 20 heavy (non-hydrogen) atoms. The Labute approximate surface area is 127 Å². The SMILES string of the molecule is COCCNc1nccc(Nc2cc(Cl)cc(Cl)c2)n1. The van der Waals surface area contributed by atoms with Crippen molar-refractivity contribution in [1.29, 1.82) is 0 Å². The number of halogens is 2. The Morgan fingerprint density at radius 3 is 2.65 bits per heavy atom. The van der Waals surface area contributed by atoms with Crippen LogP contribution in [0.1, 0.15) is 0 Å². The second-order valence-electron chi connectivity index (χ2n) is 3.97. The number of aromatic nitrogens is 2. The molecule has 0 saturated carbocycles. The van der Waals surface area contributed by atoms with Crippen LogP contribution in [-0.2, 0) is 4.74 Å². The molecule has 0 amide bonds. The normalized spacial score (nSPS) is 10.3. The van der Waals surface area contributed by atoms with Crippen molar-refractivity contribution in [3.05, 3.63) is 40.5 Å². The summed E-state index contributed by atoms with van der Waals surface area (Å²) in [4.78, 5) is 8.44. The van der Waals surface area contributed by atoms with Gasteiger partial charge in [-0.1, -0.05) is 23.2 Å². The van der Waals surface area contributed by atoms with Crippen LogP contribution in [0.5, 0.6) is 0 Å². The van der Waals surface area contributed by atoms with E-state index in [1.165, 1.54) is 0 Å². The summed E-state index contributed by atoms with van der Waals surface area (Å²) in [6.07, 6.45) is 1.66. The average Bonchev–Trinajstić information content (AvgIpc) is 2.38. The van der Waals surface area contributed by atoms with Crippen molar-refractivity contribution in [2.24, 2.45) is 0 Å². The Hall–Kier alpha value is -1.56. The van der Waals surface area contributed by atoms with Crippen molar-refractivity contribution in [2.45, 2.75) is 0 Å². The molecule has 5 nitrogen and oxygen atoms in total. The maximum Gasteiger partial charge on any atom is 0.224 e. The monoisotopic (exact) mass is 312 g/mol. The lowest BCUT2D eigenvalue weighted by molar-refractivity contribution is 0.210. The van der Waals surface area contributed by atoms with Gasteiger partial charge in [0.1, 0.15) is 5.82 Å². The Bertz CT molecular complexity index is 560. The molecular weight excluding hydrogens is 299 g/mol. The van der Waals surface area contributed by atoms with Gasteiger partial charge in [0.15, 0.2) is 0 Å². The standard InChI is InChI=1S/C13H14Cl2N4O/c1-20-5-4-17-13-16-3-2-12(19-13)18-11-7-9(14)6-10(15)8-11/h2-3,6-8H,4-5H2,1H3,(H2,16,17,18,19).